The first-order chi connectivity index (χ1) is 12.0. The molecule has 0 radical (unpaired) electrons. The van der Waals surface area contributed by atoms with Crippen LogP contribution in [-0.4, -0.2) is 23.2 Å². The molecule has 0 aliphatic heterocycles. The summed E-state index contributed by atoms with van der Waals surface area (Å²) in [6, 6.07) is 12.6. The van der Waals surface area contributed by atoms with Crippen molar-refractivity contribution in [1.82, 2.24) is 14.8 Å². The lowest BCUT2D eigenvalue weighted by Crippen LogP contribution is -2.14. The molecule has 7 heteroatoms. The van der Waals surface area contributed by atoms with Crippen LogP contribution in [-0.2, 0) is 29.9 Å². The SMILES string of the molecule is Cn1cnnc1-c1ccccc1NS(=O)(=O)c1ccc2c(c1)CCC2. The van der Waals surface area contributed by atoms with Crippen molar-refractivity contribution in [3.05, 3.63) is 59.9 Å². The second-order valence-electron chi connectivity index (χ2n) is 6.20. The van der Waals surface area contributed by atoms with Gasteiger partial charge in [-0.25, -0.2) is 8.42 Å². The first kappa shape index (κ1) is 15.8. The number of sulfonamides is 1. The zero-order valence-corrected chi connectivity index (χ0v) is 14.6. The average molecular weight is 354 g/mol. The predicted molar refractivity (Wildman–Crippen MR) is 95.7 cm³/mol. The first-order valence-electron chi connectivity index (χ1n) is 8.12. The molecule has 1 N–H and O–H groups in total. The highest BCUT2D eigenvalue weighted by Crippen LogP contribution is 2.29. The maximum Gasteiger partial charge on any atom is 0.261 e. The van der Waals surface area contributed by atoms with E-state index in [1.807, 2.05) is 25.2 Å². The largest absolute Gasteiger partial charge is 0.317 e. The lowest BCUT2D eigenvalue weighted by atomic mass is 10.1. The Morgan fingerprint density at radius 3 is 2.68 bits per heavy atom. The topological polar surface area (TPSA) is 76.9 Å². The normalized spacial score (nSPS) is 13.6. The van der Waals surface area contributed by atoms with Gasteiger partial charge in [-0.3, -0.25) is 4.72 Å². The number of anilines is 1. The van der Waals surface area contributed by atoms with E-state index in [1.54, 1.807) is 35.2 Å². The van der Waals surface area contributed by atoms with Gasteiger partial charge in [0.15, 0.2) is 5.82 Å². The van der Waals surface area contributed by atoms with E-state index in [-0.39, 0.29) is 0 Å². The van der Waals surface area contributed by atoms with Crippen LogP contribution in [0.5, 0.6) is 0 Å². The summed E-state index contributed by atoms with van der Waals surface area (Å²) in [7, 11) is -1.85. The van der Waals surface area contributed by atoms with Crippen LogP contribution in [0.1, 0.15) is 17.5 Å². The van der Waals surface area contributed by atoms with Crippen LogP contribution in [0.15, 0.2) is 53.7 Å². The number of aryl methyl sites for hydroxylation is 3. The summed E-state index contributed by atoms with van der Waals surface area (Å²) in [5.41, 5.74) is 3.55. The van der Waals surface area contributed by atoms with Gasteiger partial charge in [-0.1, -0.05) is 18.2 Å². The number of rotatable bonds is 4. The Bertz CT molecular complexity index is 1040. The van der Waals surface area contributed by atoms with E-state index in [1.165, 1.54) is 5.56 Å². The number of benzene rings is 2. The number of nitrogens with one attached hydrogen (secondary N) is 1. The highest BCUT2D eigenvalue weighted by Gasteiger charge is 2.20. The van der Waals surface area contributed by atoms with Crippen molar-refractivity contribution in [1.29, 1.82) is 0 Å². The molecule has 0 amide bonds. The number of aromatic nitrogens is 3. The number of hydrogen-bond donors (Lipinski definition) is 1. The summed E-state index contributed by atoms with van der Waals surface area (Å²) in [4.78, 5) is 0.293. The van der Waals surface area contributed by atoms with E-state index in [0.29, 0.717) is 22.0 Å². The molecule has 2 aromatic carbocycles. The number of nitrogens with zero attached hydrogens (tertiary/aromatic N) is 3. The molecular formula is C18H18N4O2S. The van der Waals surface area contributed by atoms with E-state index in [2.05, 4.69) is 14.9 Å². The molecule has 0 unspecified atom stereocenters. The second kappa shape index (κ2) is 6.00. The van der Waals surface area contributed by atoms with Crippen molar-refractivity contribution >= 4 is 15.7 Å². The van der Waals surface area contributed by atoms with Crippen LogP contribution in [0.2, 0.25) is 0 Å². The fraction of sp³-hybridized carbons (Fsp3) is 0.222. The minimum absolute atomic E-state index is 0.293. The van der Waals surface area contributed by atoms with Gasteiger partial charge in [0.05, 0.1) is 10.6 Å². The van der Waals surface area contributed by atoms with Crippen LogP contribution in [0.4, 0.5) is 5.69 Å². The molecule has 128 valence electrons. The lowest BCUT2D eigenvalue weighted by Gasteiger charge is -2.13. The highest BCUT2D eigenvalue weighted by molar-refractivity contribution is 7.92. The Balaban J connectivity index is 1.72. The van der Waals surface area contributed by atoms with Crippen LogP contribution < -0.4 is 4.72 Å². The minimum Gasteiger partial charge on any atom is -0.317 e. The van der Waals surface area contributed by atoms with Crippen molar-refractivity contribution in [2.24, 2.45) is 7.05 Å². The third kappa shape index (κ3) is 2.91. The minimum atomic E-state index is -3.67. The quantitative estimate of drug-likeness (QED) is 0.781. The first-order valence-corrected chi connectivity index (χ1v) is 9.61. The van der Waals surface area contributed by atoms with E-state index >= 15 is 0 Å². The summed E-state index contributed by atoms with van der Waals surface area (Å²) in [5, 5.41) is 7.94. The summed E-state index contributed by atoms with van der Waals surface area (Å²) in [6.45, 7) is 0. The lowest BCUT2D eigenvalue weighted by molar-refractivity contribution is 0.601. The summed E-state index contributed by atoms with van der Waals surface area (Å²) in [5.74, 6) is 0.604. The van der Waals surface area contributed by atoms with Crippen molar-refractivity contribution in [2.75, 3.05) is 4.72 Å². The molecule has 0 spiro atoms. The maximum atomic E-state index is 12.9. The van der Waals surface area contributed by atoms with Gasteiger partial charge in [0, 0.05) is 12.6 Å². The van der Waals surface area contributed by atoms with Gasteiger partial charge in [0.25, 0.3) is 10.0 Å². The van der Waals surface area contributed by atoms with Gasteiger partial charge in [-0.15, -0.1) is 10.2 Å². The van der Waals surface area contributed by atoms with Gasteiger partial charge in [0.2, 0.25) is 0 Å². The van der Waals surface area contributed by atoms with E-state index in [0.717, 1.165) is 24.8 Å². The molecule has 3 aromatic rings. The highest BCUT2D eigenvalue weighted by atomic mass is 32.2. The van der Waals surface area contributed by atoms with Crippen molar-refractivity contribution in [3.8, 4) is 11.4 Å². The Morgan fingerprint density at radius 2 is 1.88 bits per heavy atom. The predicted octanol–water partition coefficient (Wildman–Crippen LogP) is 2.77. The molecule has 4 rings (SSSR count). The smallest absolute Gasteiger partial charge is 0.261 e. The molecule has 1 heterocycles. The van der Waals surface area contributed by atoms with Crippen LogP contribution in [0, 0.1) is 0 Å². The van der Waals surface area contributed by atoms with Gasteiger partial charge < -0.3 is 4.57 Å². The summed E-state index contributed by atoms with van der Waals surface area (Å²) in [6.07, 6.45) is 4.63. The second-order valence-corrected chi connectivity index (χ2v) is 7.88. The molecule has 0 bridgehead atoms. The standard InChI is InChI=1S/C18H18N4O2S/c1-22-12-19-20-18(22)16-7-2-3-8-17(16)21-25(23,24)15-10-9-13-5-4-6-14(13)11-15/h2-3,7-12,21H,4-6H2,1H3. The molecule has 1 aliphatic carbocycles. The van der Waals surface area contributed by atoms with Crippen molar-refractivity contribution in [2.45, 2.75) is 24.2 Å². The summed E-state index contributed by atoms with van der Waals surface area (Å²) >= 11 is 0. The third-order valence-electron chi connectivity index (χ3n) is 4.50. The molecule has 1 aromatic heterocycles. The molecule has 25 heavy (non-hydrogen) atoms. The monoisotopic (exact) mass is 354 g/mol. The average Bonchev–Trinajstić information content (AvgIpc) is 3.23. The third-order valence-corrected chi connectivity index (χ3v) is 5.87. The fourth-order valence-electron chi connectivity index (χ4n) is 3.21. The van der Waals surface area contributed by atoms with Gasteiger partial charge >= 0.3 is 0 Å². The Morgan fingerprint density at radius 1 is 1.08 bits per heavy atom. The van der Waals surface area contributed by atoms with Crippen LogP contribution >= 0.6 is 0 Å². The fourth-order valence-corrected chi connectivity index (χ4v) is 4.34. The Hall–Kier alpha value is -2.67. The molecule has 0 saturated heterocycles. The molecule has 0 atom stereocenters. The van der Waals surface area contributed by atoms with Gasteiger partial charge in [-0.2, -0.15) is 0 Å². The zero-order chi connectivity index (χ0) is 17.4. The van der Waals surface area contributed by atoms with E-state index in [4.69, 9.17) is 0 Å². The zero-order valence-electron chi connectivity index (χ0n) is 13.8. The van der Waals surface area contributed by atoms with Crippen LogP contribution in [0.3, 0.4) is 0 Å². The van der Waals surface area contributed by atoms with Crippen molar-refractivity contribution in [3.63, 3.8) is 0 Å². The van der Waals surface area contributed by atoms with Gasteiger partial charge in [0.1, 0.15) is 6.33 Å². The number of para-hydroxylation sites is 1. The molecule has 0 saturated carbocycles. The molecule has 1 aliphatic rings. The van der Waals surface area contributed by atoms with Crippen LogP contribution in [0.25, 0.3) is 11.4 Å². The molecular weight excluding hydrogens is 336 g/mol. The maximum absolute atomic E-state index is 12.9. The van der Waals surface area contributed by atoms with E-state index in [9.17, 15) is 8.42 Å². The molecule has 6 nitrogen and oxygen atoms in total. The van der Waals surface area contributed by atoms with Crippen molar-refractivity contribution < 1.29 is 8.42 Å². The number of hydrogen-bond acceptors (Lipinski definition) is 4. The van der Waals surface area contributed by atoms with E-state index < -0.39 is 10.0 Å². The Kier molecular flexibility index (Phi) is 3.80. The summed E-state index contributed by atoms with van der Waals surface area (Å²) < 4.78 is 30.2. The molecule has 0 fully saturated rings. The Labute approximate surface area is 146 Å². The number of fused-ring (bicyclic) bond motifs is 1. The van der Waals surface area contributed by atoms with Gasteiger partial charge in [-0.05, 0) is 54.7 Å².